The van der Waals surface area contributed by atoms with E-state index in [1.807, 2.05) is 60.7 Å². The van der Waals surface area contributed by atoms with Gasteiger partial charge >= 0.3 is 0 Å². The monoisotopic (exact) mass is 333 g/mol. The summed E-state index contributed by atoms with van der Waals surface area (Å²) in [5.74, 6) is 0.891. The summed E-state index contributed by atoms with van der Waals surface area (Å²) in [6, 6.07) is 24.1. The van der Waals surface area contributed by atoms with Gasteiger partial charge in [-0.05, 0) is 29.9 Å². The molecule has 25 heavy (non-hydrogen) atoms. The number of carbonyl (C=O) groups excluding carboxylic acids is 1. The molecule has 0 bridgehead atoms. The van der Waals surface area contributed by atoms with Crippen LogP contribution in [0, 0.1) is 0 Å². The Morgan fingerprint density at radius 2 is 1.60 bits per heavy atom. The number of hydrogen-bond donors (Lipinski definition) is 1. The fourth-order valence-corrected chi connectivity index (χ4v) is 2.84. The number of rotatable bonds is 6. The summed E-state index contributed by atoms with van der Waals surface area (Å²) >= 11 is 0. The SMILES string of the molecule is C[C@@H](Oc1cccc2ccccc12)C(=O)NC[C@H](C)c1ccccc1. The minimum absolute atomic E-state index is 0.101. The fraction of sp³-hybridized carbons (Fsp3) is 0.227. The summed E-state index contributed by atoms with van der Waals surface area (Å²) in [6.45, 7) is 4.47. The van der Waals surface area contributed by atoms with Crippen LogP contribution in [-0.2, 0) is 4.79 Å². The third-order valence-corrected chi connectivity index (χ3v) is 4.37. The summed E-state index contributed by atoms with van der Waals surface area (Å²) < 4.78 is 5.92. The highest BCUT2D eigenvalue weighted by Gasteiger charge is 2.16. The zero-order valence-corrected chi connectivity index (χ0v) is 14.6. The second-order valence-electron chi connectivity index (χ2n) is 6.29. The van der Waals surface area contributed by atoms with E-state index in [0.29, 0.717) is 6.54 Å². The van der Waals surface area contributed by atoms with Crippen LogP contribution in [0.3, 0.4) is 0 Å². The minimum Gasteiger partial charge on any atom is -0.480 e. The van der Waals surface area contributed by atoms with Crippen molar-refractivity contribution in [2.24, 2.45) is 0 Å². The van der Waals surface area contributed by atoms with E-state index in [9.17, 15) is 4.79 Å². The van der Waals surface area contributed by atoms with Crippen LogP contribution in [-0.4, -0.2) is 18.6 Å². The molecule has 3 heteroatoms. The molecule has 0 radical (unpaired) electrons. The van der Waals surface area contributed by atoms with Crippen molar-refractivity contribution in [3.8, 4) is 5.75 Å². The average Bonchev–Trinajstić information content (AvgIpc) is 2.66. The molecule has 0 aliphatic heterocycles. The number of fused-ring (bicyclic) bond motifs is 1. The number of amides is 1. The lowest BCUT2D eigenvalue weighted by Gasteiger charge is -2.18. The van der Waals surface area contributed by atoms with Crippen LogP contribution in [0.25, 0.3) is 10.8 Å². The molecule has 3 aromatic rings. The van der Waals surface area contributed by atoms with E-state index >= 15 is 0 Å². The van der Waals surface area contributed by atoms with Gasteiger partial charge in [-0.25, -0.2) is 0 Å². The van der Waals surface area contributed by atoms with Crippen molar-refractivity contribution in [2.45, 2.75) is 25.9 Å². The Morgan fingerprint density at radius 1 is 0.920 bits per heavy atom. The lowest BCUT2D eigenvalue weighted by atomic mass is 10.0. The maximum atomic E-state index is 12.4. The zero-order chi connectivity index (χ0) is 17.6. The summed E-state index contributed by atoms with van der Waals surface area (Å²) in [7, 11) is 0. The Hall–Kier alpha value is -2.81. The molecule has 0 fully saturated rings. The van der Waals surface area contributed by atoms with Crippen molar-refractivity contribution in [3.63, 3.8) is 0 Å². The van der Waals surface area contributed by atoms with Gasteiger partial charge in [0.05, 0.1) is 0 Å². The second kappa shape index (κ2) is 7.84. The maximum absolute atomic E-state index is 12.4. The molecule has 0 saturated heterocycles. The third-order valence-electron chi connectivity index (χ3n) is 4.37. The highest BCUT2D eigenvalue weighted by Crippen LogP contribution is 2.26. The van der Waals surface area contributed by atoms with Gasteiger partial charge in [0.1, 0.15) is 5.75 Å². The first-order valence-corrected chi connectivity index (χ1v) is 8.62. The van der Waals surface area contributed by atoms with Gasteiger partial charge in [-0.15, -0.1) is 0 Å². The van der Waals surface area contributed by atoms with Crippen LogP contribution in [0.15, 0.2) is 72.8 Å². The first-order valence-electron chi connectivity index (χ1n) is 8.62. The van der Waals surface area contributed by atoms with Gasteiger partial charge in [0.2, 0.25) is 0 Å². The standard InChI is InChI=1S/C22H23NO2/c1-16(18-9-4-3-5-10-18)15-23-22(24)17(2)25-21-14-8-12-19-11-6-7-13-20(19)21/h3-14,16-17H,15H2,1-2H3,(H,23,24)/t16-,17+/m0/s1. The molecule has 0 saturated carbocycles. The Kier molecular flexibility index (Phi) is 5.34. The smallest absolute Gasteiger partial charge is 0.260 e. The fourth-order valence-electron chi connectivity index (χ4n) is 2.84. The Bertz CT molecular complexity index is 840. The van der Waals surface area contributed by atoms with Crippen molar-refractivity contribution in [3.05, 3.63) is 78.4 Å². The summed E-state index contributed by atoms with van der Waals surface area (Å²) in [5, 5.41) is 5.10. The molecule has 3 nitrogen and oxygen atoms in total. The van der Waals surface area contributed by atoms with Gasteiger partial charge in [-0.3, -0.25) is 4.79 Å². The van der Waals surface area contributed by atoms with E-state index in [2.05, 4.69) is 24.4 Å². The molecule has 0 aromatic heterocycles. The van der Waals surface area contributed by atoms with Gasteiger partial charge in [0, 0.05) is 11.9 Å². The van der Waals surface area contributed by atoms with Crippen molar-refractivity contribution in [2.75, 3.05) is 6.54 Å². The van der Waals surface area contributed by atoms with Crippen molar-refractivity contribution < 1.29 is 9.53 Å². The largest absolute Gasteiger partial charge is 0.480 e. The molecular weight excluding hydrogens is 310 g/mol. The average molecular weight is 333 g/mol. The summed E-state index contributed by atoms with van der Waals surface area (Å²) in [5.41, 5.74) is 1.21. The molecule has 0 heterocycles. The Morgan fingerprint density at radius 3 is 2.40 bits per heavy atom. The summed E-state index contributed by atoms with van der Waals surface area (Å²) in [4.78, 5) is 12.4. The molecule has 0 unspecified atom stereocenters. The van der Waals surface area contributed by atoms with Crippen LogP contribution in [0.5, 0.6) is 5.75 Å². The van der Waals surface area contributed by atoms with Crippen LogP contribution < -0.4 is 10.1 Å². The van der Waals surface area contributed by atoms with Crippen molar-refractivity contribution in [1.29, 1.82) is 0 Å². The van der Waals surface area contributed by atoms with Gasteiger partial charge in [0.15, 0.2) is 6.10 Å². The predicted octanol–water partition coefficient (Wildman–Crippen LogP) is 4.53. The molecule has 0 aliphatic rings. The lowest BCUT2D eigenvalue weighted by Crippen LogP contribution is -2.38. The molecule has 1 amide bonds. The maximum Gasteiger partial charge on any atom is 0.260 e. The normalized spacial score (nSPS) is 13.2. The predicted molar refractivity (Wildman–Crippen MR) is 102 cm³/mol. The topological polar surface area (TPSA) is 38.3 Å². The molecule has 3 rings (SSSR count). The van der Waals surface area contributed by atoms with Gasteiger partial charge in [0.25, 0.3) is 5.91 Å². The molecule has 3 aromatic carbocycles. The van der Waals surface area contributed by atoms with E-state index in [-0.39, 0.29) is 11.8 Å². The molecule has 0 aliphatic carbocycles. The highest BCUT2D eigenvalue weighted by molar-refractivity contribution is 5.89. The number of nitrogens with one attached hydrogen (secondary N) is 1. The number of hydrogen-bond acceptors (Lipinski definition) is 2. The quantitative estimate of drug-likeness (QED) is 0.720. The molecular formula is C22H23NO2. The Labute approximate surface area is 148 Å². The minimum atomic E-state index is -0.547. The lowest BCUT2D eigenvalue weighted by molar-refractivity contribution is -0.127. The number of ether oxygens (including phenoxy) is 1. The third kappa shape index (κ3) is 4.18. The first kappa shape index (κ1) is 17.0. The highest BCUT2D eigenvalue weighted by atomic mass is 16.5. The van der Waals surface area contributed by atoms with Crippen LogP contribution in [0.2, 0.25) is 0 Å². The molecule has 128 valence electrons. The second-order valence-corrected chi connectivity index (χ2v) is 6.29. The zero-order valence-electron chi connectivity index (χ0n) is 14.6. The Balaban J connectivity index is 1.61. The molecule has 2 atom stereocenters. The van der Waals surface area contributed by atoms with E-state index in [1.54, 1.807) is 6.92 Å². The van der Waals surface area contributed by atoms with Gasteiger partial charge < -0.3 is 10.1 Å². The van der Waals surface area contributed by atoms with Gasteiger partial charge in [-0.2, -0.15) is 0 Å². The molecule has 1 N–H and O–H groups in total. The number of carbonyl (C=O) groups is 1. The summed E-state index contributed by atoms with van der Waals surface area (Å²) in [6.07, 6.45) is -0.547. The van der Waals surface area contributed by atoms with E-state index in [1.165, 1.54) is 5.56 Å². The molecule has 0 spiro atoms. The van der Waals surface area contributed by atoms with Gasteiger partial charge in [-0.1, -0.05) is 73.7 Å². The van der Waals surface area contributed by atoms with Crippen LogP contribution >= 0.6 is 0 Å². The number of benzene rings is 3. The van der Waals surface area contributed by atoms with E-state index < -0.39 is 6.10 Å². The van der Waals surface area contributed by atoms with Crippen LogP contribution in [0.1, 0.15) is 25.3 Å². The van der Waals surface area contributed by atoms with Crippen LogP contribution in [0.4, 0.5) is 0 Å². The van der Waals surface area contributed by atoms with E-state index in [4.69, 9.17) is 4.74 Å². The first-order chi connectivity index (χ1) is 12.1. The van der Waals surface area contributed by atoms with Crippen molar-refractivity contribution in [1.82, 2.24) is 5.32 Å². The van der Waals surface area contributed by atoms with Crippen molar-refractivity contribution >= 4 is 16.7 Å². The van der Waals surface area contributed by atoms with E-state index in [0.717, 1.165) is 16.5 Å².